The Balaban J connectivity index is 2.34. The molecule has 2 aromatic heterocycles. The van der Waals surface area contributed by atoms with Crippen LogP contribution >= 0.6 is 0 Å². The van der Waals surface area contributed by atoms with Crippen molar-refractivity contribution in [2.24, 2.45) is 0 Å². The average molecular weight is 189 g/mol. The summed E-state index contributed by atoms with van der Waals surface area (Å²) in [7, 11) is -1.53. The maximum atomic E-state index is 8.85. The third kappa shape index (κ3) is 1.66. The minimum absolute atomic E-state index is 0.217. The zero-order chi connectivity index (χ0) is 9.97. The Morgan fingerprint density at radius 3 is 2.71 bits per heavy atom. The molecule has 0 saturated heterocycles. The van der Waals surface area contributed by atoms with Crippen LogP contribution in [0.1, 0.15) is 0 Å². The normalized spacial score (nSPS) is 10.1. The monoisotopic (exact) mass is 189 g/mol. The van der Waals surface area contributed by atoms with Crippen molar-refractivity contribution in [1.82, 2.24) is 14.8 Å². The van der Waals surface area contributed by atoms with Crippen LogP contribution in [0.15, 0.2) is 36.8 Å². The van der Waals surface area contributed by atoms with Gasteiger partial charge in [0.05, 0.1) is 17.5 Å². The van der Waals surface area contributed by atoms with Gasteiger partial charge < -0.3 is 10.0 Å². The van der Waals surface area contributed by atoms with Crippen LogP contribution in [0.5, 0.6) is 0 Å². The molecule has 70 valence electrons. The van der Waals surface area contributed by atoms with Gasteiger partial charge in [-0.25, -0.2) is 4.68 Å². The molecular weight excluding hydrogens is 181 g/mol. The fourth-order valence-electron chi connectivity index (χ4n) is 1.11. The first kappa shape index (κ1) is 8.92. The van der Waals surface area contributed by atoms with E-state index >= 15 is 0 Å². The minimum atomic E-state index is -1.53. The molecule has 0 bridgehead atoms. The summed E-state index contributed by atoms with van der Waals surface area (Å²) in [6.07, 6.45) is 4.95. The molecule has 2 aromatic rings. The van der Waals surface area contributed by atoms with Crippen molar-refractivity contribution in [1.29, 1.82) is 0 Å². The molecule has 0 radical (unpaired) electrons. The molecule has 2 rings (SSSR count). The van der Waals surface area contributed by atoms with E-state index in [1.165, 1.54) is 10.7 Å². The number of nitrogens with zero attached hydrogens (tertiary/aromatic N) is 3. The van der Waals surface area contributed by atoms with Gasteiger partial charge in [-0.15, -0.1) is 0 Å². The predicted octanol–water partition coefficient (Wildman–Crippen LogP) is -1.05. The molecule has 0 saturated carbocycles. The zero-order valence-corrected chi connectivity index (χ0v) is 7.28. The quantitative estimate of drug-likeness (QED) is 0.591. The lowest BCUT2D eigenvalue weighted by Gasteiger charge is -1.98. The highest BCUT2D eigenvalue weighted by Gasteiger charge is 2.14. The Morgan fingerprint density at radius 1 is 1.29 bits per heavy atom. The molecule has 0 amide bonds. The standard InChI is InChI=1S/C8H8BN3O2/c13-9(14)8-3-5-12(11-8)7-2-1-4-10-6-7/h1-6,13-14H. The molecule has 6 heteroatoms. The molecule has 0 aliphatic heterocycles. The van der Waals surface area contributed by atoms with Gasteiger partial charge in [0.1, 0.15) is 0 Å². The first-order valence-electron chi connectivity index (χ1n) is 4.09. The summed E-state index contributed by atoms with van der Waals surface area (Å²) in [6.45, 7) is 0. The fraction of sp³-hybridized carbons (Fsp3) is 0. The van der Waals surface area contributed by atoms with Gasteiger partial charge in [0.25, 0.3) is 0 Å². The largest absolute Gasteiger partial charge is 0.510 e. The highest BCUT2D eigenvalue weighted by atomic mass is 16.4. The van der Waals surface area contributed by atoms with E-state index < -0.39 is 7.12 Å². The van der Waals surface area contributed by atoms with Gasteiger partial charge in [-0.05, 0) is 18.2 Å². The van der Waals surface area contributed by atoms with Crippen molar-refractivity contribution < 1.29 is 10.0 Å². The van der Waals surface area contributed by atoms with Crippen molar-refractivity contribution >= 4 is 12.7 Å². The van der Waals surface area contributed by atoms with Gasteiger partial charge >= 0.3 is 7.12 Å². The number of pyridine rings is 1. The van der Waals surface area contributed by atoms with Gasteiger partial charge in [0.2, 0.25) is 0 Å². The molecule has 2 heterocycles. The molecule has 0 aliphatic carbocycles. The molecule has 2 N–H and O–H groups in total. The van der Waals surface area contributed by atoms with Crippen LogP contribution in [0.25, 0.3) is 5.69 Å². The average Bonchev–Trinajstić information content (AvgIpc) is 2.68. The van der Waals surface area contributed by atoms with E-state index in [2.05, 4.69) is 10.1 Å². The number of aromatic nitrogens is 3. The molecule has 14 heavy (non-hydrogen) atoms. The van der Waals surface area contributed by atoms with E-state index in [1.54, 1.807) is 24.7 Å². The van der Waals surface area contributed by atoms with Gasteiger partial charge in [0, 0.05) is 12.4 Å². The second kappa shape index (κ2) is 3.61. The molecular formula is C8H8BN3O2. The summed E-state index contributed by atoms with van der Waals surface area (Å²) in [5.74, 6) is 0. The van der Waals surface area contributed by atoms with E-state index in [0.717, 1.165) is 5.69 Å². The number of hydrogen-bond donors (Lipinski definition) is 2. The lowest BCUT2D eigenvalue weighted by atomic mass is 9.87. The predicted molar refractivity (Wildman–Crippen MR) is 51.2 cm³/mol. The van der Waals surface area contributed by atoms with Crippen molar-refractivity contribution in [3.8, 4) is 5.69 Å². The molecule has 0 fully saturated rings. The first-order chi connectivity index (χ1) is 6.77. The van der Waals surface area contributed by atoms with Gasteiger partial charge in [-0.2, -0.15) is 5.10 Å². The summed E-state index contributed by atoms with van der Waals surface area (Å²) in [6, 6.07) is 5.15. The van der Waals surface area contributed by atoms with Crippen LogP contribution in [-0.4, -0.2) is 31.9 Å². The van der Waals surface area contributed by atoms with Crippen LogP contribution in [0.4, 0.5) is 0 Å². The highest BCUT2D eigenvalue weighted by Crippen LogP contribution is 2.00. The topological polar surface area (TPSA) is 71.2 Å². The molecule has 0 atom stereocenters. The second-order valence-electron chi connectivity index (χ2n) is 2.77. The van der Waals surface area contributed by atoms with Crippen LogP contribution in [0, 0.1) is 0 Å². The van der Waals surface area contributed by atoms with E-state index in [0.29, 0.717) is 0 Å². The van der Waals surface area contributed by atoms with E-state index in [9.17, 15) is 0 Å². The maximum absolute atomic E-state index is 8.85. The highest BCUT2D eigenvalue weighted by molar-refractivity contribution is 6.57. The molecule has 5 nitrogen and oxygen atoms in total. The van der Waals surface area contributed by atoms with Crippen LogP contribution in [-0.2, 0) is 0 Å². The lowest BCUT2D eigenvalue weighted by Crippen LogP contribution is -2.31. The SMILES string of the molecule is OB(O)c1ccn(-c2cccnc2)n1. The van der Waals surface area contributed by atoms with Crippen LogP contribution in [0.3, 0.4) is 0 Å². The minimum Gasteiger partial charge on any atom is -0.422 e. The lowest BCUT2D eigenvalue weighted by molar-refractivity contribution is 0.424. The van der Waals surface area contributed by atoms with Crippen LogP contribution in [0.2, 0.25) is 0 Å². The van der Waals surface area contributed by atoms with Gasteiger partial charge in [-0.1, -0.05) is 0 Å². The molecule has 0 spiro atoms. The molecule has 0 unspecified atom stereocenters. The second-order valence-corrected chi connectivity index (χ2v) is 2.77. The Morgan fingerprint density at radius 2 is 2.14 bits per heavy atom. The third-order valence-corrected chi connectivity index (χ3v) is 1.78. The van der Waals surface area contributed by atoms with Crippen LogP contribution < -0.4 is 5.59 Å². The van der Waals surface area contributed by atoms with Crippen molar-refractivity contribution in [3.05, 3.63) is 36.8 Å². The third-order valence-electron chi connectivity index (χ3n) is 1.78. The summed E-state index contributed by atoms with van der Waals surface area (Å²) in [5, 5.41) is 21.7. The summed E-state index contributed by atoms with van der Waals surface area (Å²) >= 11 is 0. The van der Waals surface area contributed by atoms with Crippen molar-refractivity contribution in [2.45, 2.75) is 0 Å². The maximum Gasteiger partial charge on any atom is 0.510 e. The summed E-state index contributed by atoms with van der Waals surface area (Å²) in [4.78, 5) is 3.93. The molecule has 0 aliphatic rings. The zero-order valence-electron chi connectivity index (χ0n) is 7.28. The summed E-state index contributed by atoms with van der Waals surface area (Å²) in [5.41, 5.74) is 0.994. The Labute approximate surface area is 80.8 Å². The Bertz CT molecular complexity index is 416. The molecule has 0 aromatic carbocycles. The number of hydrogen-bond acceptors (Lipinski definition) is 4. The van der Waals surface area contributed by atoms with E-state index in [1.807, 2.05) is 6.07 Å². The fourth-order valence-corrected chi connectivity index (χ4v) is 1.11. The van der Waals surface area contributed by atoms with Crippen molar-refractivity contribution in [3.63, 3.8) is 0 Å². The Kier molecular flexibility index (Phi) is 2.30. The number of rotatable bonds is 2. The van der Waals surface area contributed by atoms with Gasteiger partial charge in [-0.3, -0.25) is 4.98 Å². The van der Waals surface area contributed by atoms with Gasteiger partial charge in [0.15, 0.2) is 0 Å². The van der Waals surface area contributed by atoms with E-state index in [4.69, 9.17) is 10.0 Å². The first-order valence-corrected chi connectivity index (χ1v) is 4.09. The Hall–Kier alpha value is -1.66. The van der Waals surface area contributed by atoms with E-state index in [-0.39, 0.29) is 5.59 Å². The van der Waals surface area contributed by atoms with Crippen molar-refractivity contribution in [2.75, 3.05) is 0 Å². The smallest absolute Gasteiger partial charge is 0.422 e. The summed E-state index contributed by atoms with van der Waals surface area (Å²) < 4.78 is 1.53.